The van der Waals surface area contributed by atoms with Gasteiger partial charge in [-0.1, -0.05) is 6.07 Å². The lowest BCUT2D eigenvalue weighted by Crippen LogP contribution is -2.22. The van der Waals surface area contributed by atoms with Crippen molar-refractivity contribution in [3.63, 3.8) is 0 Å². The van der Waals surface area contributed by atoms with Crippen LogP contribution in [0.4, 0.5) is 4.79 Å². The fraction of sp³-hybridized carbons (Fsp3) is 0.417. The van der Waals surface area contributed by atoms with Gasteiger partial charge in [0.15, 0.2) is 6.29 Å². The van der Waals surface area contributed by atoms with Crippen molar-refractivity contribution >= 4 is 17.9 Å². The molecule has 0 heterocycles. The Labute approximate surface area is 111 Å². The first kappa shape index (κ1) is 14.8. The molecule has 0 saturated heterocycles. The highest BCUT2D eigenvalue weighted by atomic mass is 32.2. The first-order valence-corrected chi connectivity index (χ1v) is 6.36. The molecule has 1 amide bonds. The van der Waals surface area contributed by atoms with Crippen LogP contribution in [0.1, 0.15) is 0 Å². The van der Waals surface area contributed by atoms with Gasteiger partial charge in [0.1, 0.15) is 5.75 Å². The van der Waals surface area contributed by atoms with Crippen molar-refractivity contribution in [3.05, 3.63) is 24.3 Å². The Balaban J connectivity index is 2.56. The topological polar surface area (TPSA) is 56.8 Å². The number of benzene rings is 1. The molecule has 18 heavy (non-hydrogen) atoms. The standard InChI is InChI=1S/C12H17NO4S/c1-13-12(14)17-9-5-4-6-10(7-9)18-8-11(15-2)16-3/h4-7,11H,8H2,1-3H3,(H,13,14). The summed E-state index contributed by atoms with van der Waals surface area (Å²) in [7, 11) is 4.71. The number of amides is 1. The average Bonchev–Trinajstić information content (AvgIpc) is 2.40. The monoisotopic (exact) mass is 271 g/mol. The molecule has 1 rings (SSSR count). The highest BCUT2D eigenvalue weighted by Crippen LogP contribution is 2.24. The summed E-state index contributed by atoms with van der Waals surface area (Å²) in [6.45, 7) is 0. The molecule has 1 aromatic rings. The quantitative estimate of drug-likeness (QED) is 0.634. The van der Waals surface area contributed by atoms with Crippen LogP contribution in [0, 0.1) is 0 Å². The van der Waals surface area contributed by atoms with Gasteiger partial charge in [0, 0.05) is 31.9 Å². The SMILES string of the molecule is CNC(=O)Oc1cccc(SCC(OC)OC)c1. The van der Waals surface area contributed by atoms with Crippen LogP contribution in [0.2, 0.25) is 0 Å². The van der Waals surface area contributed by atoms with E-state index in [9.17, 15) is 4.79 Å². The number of carbonyl (C=O) groups excluding carboxylic acids is 1. The van der Waals surface area contributed by atoms with Crippen LogP contribution >= 0.6 is 11.8 Å². The summed E-state index contributed by atoms with van der Waals surface area (Å²) in [5.41, 5.74) is 0. The van der Waals surface area contributed by atoms with Crippen molar-refractivity contribution < 1.29 is 19.0 Å². The van der Waals surface area contributed by atoms with Gasteiger partial charge in [-0.25, -0.2) is 4.79 Å². The van der Waals surface area contributed by atoms with E-state index in [1.807, 2.05) is 12.1 Å². The smallest absolute Gasteiger partial charge is 0.410 e. The minimum absolute atomic E-state index is 0.251. The predicted molar refractivity (Wildman–Crippen MR) is 70.1 cm³/mol. The minimum atomic E-state index is -0.483. The van der Waals surface area contributed by atoms with Crippen molar-refractivity contribution in [1.29, 1.82) is 0 Å². The third-order valence-corrected chi connectivity index (χ3v) is 3.16. The maximum Gasteiger partial charge on any atom is 0.412 e. The van der Waals surface area contributed by atoms with E-state index in [2.05, 4.69) is 5.32 Å². The van der Waals surface area contributed by atoms with E-state index in [4.69, 9.17) is 14.2 Å². The molecule has 0 saturated carbocycles. The summed E-state index contributed by atoms with van der Waals surface area (Å²) in [6, 6.07) is 7.28. The Hall–Kier alpha value is -1.24. The number of methoxy groups -OCH3 is 2. The normalized spacial score (nSPS) is 10.4. The van der Waals surface area contributed by atoms with Gasteiger partial charge in [0.25, 0.3) is 0 Å². The molecular formula is C12H17NO4S. The molecule has 6 heteroatoms. The second kappa shape index (κ2) is 7.97. The number of hydrogen-bond acceptors (Lipinski definition) is 5. The molecular weight excluding hydrogens is 254 g/mol. The van der Waals surface area contributed by atoms with E-state index in [1.165, 1.54) is 7.05 Å². The molecule has 0 unspecified atom stereocenters. The van der Waals surface area contributed by atoms with E-state index in [-0.39, 0.29) is 6.29 Å². The number of hydrogen-bond donors (Lipinski definition) is 1. The third-order valence-electron chi connectivity index (χ3n) is 2.13. The molecule has 1 N–H and O–H groups in total. The fourth-order valence-corrected chi connectivity index (χ4v) is 2.16. The number of thioether (sulfide) groups is 1. The fourth-order valence-electron chi connectivity index (χ4n) is 1.18. The molecule has 0 aliphatic carbocycles. The number of ether oxygens (including phenoxy) is 3. The van der Waals surface area contributed by atoms with Gasteiger partial charge in [-0.15, -0.1) is 11.8 Å². The van der Waals surface area contributed by atoms with E-state index in [1.54, 1.807) is 38.1 Å². The van der Waals surface area contributed by atoms with Gasteiger partial charge >= 0.3 is 6.09 Å². The van der Waals surface area contributed by atoms with Gasteiger partial charge in [-0.3, -0.25) is 0 Å². The maximum atomic E-state index is 11.1. The van der Waals surface area contributed by atoms with E-state index >= 15 is 0 Å². The number of rotatable bonds is 6. The third kappa shape index (κ3) is 4.95. The van der Waals surface area contributed by atoms with Gasteiger partial charge < -0.3 is 19.5 Å². The maximum absolute atomic E-state index is 11.1. The summed E-state index contributed by atoms with van der Waals surface area (Å²) in [4.78, 5) is 12.1. The van der Waals surface area contributed by atoms with Crippen molar-refractivity contribution in [2.75, 3.05) is 27.0 Å². The largest absolute Gasteiger partial charge is 0.412 e. The molecule has 5 nitrogen and oxygen atoms in total. The van der Waals surface area contributed by atoms with Crippen molar-refractivity contribution in [3.8, 4) is 5.75 Å². The highest BCUT2D eigenvalue weighted by molar-refractivity contribution is 7.99. The first-order chi connectivity index (χ1) is 8.69. The molecule has 100 valence electrons. The lowest BCUT2D eigenvalue weighted by molar-refractivity contribution is -0.0842. The van der Waals surface area contributed by atoms with Crippen LogP contribution in [0.5, 0.6) is 5.75 Å². The predicted octanol–water partition coefficient (Wildman–Crippen LogP) is 2.12. The zero-order valence-electron chi connectivity index (χ0n) is 10.6. The van der Waals surface area contributed by atoms with Crippen LogP contribution in [0.15, 0.2) is 29.2 Å². The Morgan fingerprint density at radius 1 is 1.39 bits per heavy atom. The van der Waals surface area contributed by atoms with E-state index in [0.717, 1.165) is 4.90 Å². The number of nitrogens with one attached hydrogen (secondary N) is 1. The van der Waals surface area contributed by atoms with E-state index in [0.29, 0.717) is 11.5 Å². The molecule has 0 aliphatic rings. The van der Waals surface area contributed by atoms with E-state index < -0.39 is 6.09 Å². The second-order valence-corrected chi connectivity index (χ2v) is 4.42. The van der Waals surface area contributed by atoms with Crippen LogP contribution in [-0.2, 0) is 9.47 Å². The second-order valence-electron chi connectivity index (χ2n) is 3.33. The lowest BCUT2D eigenvalue weighted by atomic mass is 10.3. The van der Waals surface area contributed by atoms with Crippen LogP contribution in [0.3, 0.4) is 0 Å². The van der Waals surface area contributed by atoms with Gasteiger partial charge in [-0.2, -0.15) is 0 Å². The number of carbonyl (C=O) groups is 1. The Morgan fingerprint density at radius 2 is 2.11 bits per heavy atom. The average molecular weight is 271 g/mol. The summed E-state index contributed by atoms with van der Waals surface area (Å²) in [6.07, 6.45) is -0.734. The van der Waals surface area contributed by atoms with Gasteiger partial charge in [0.2, 0.25) is 0 Å². The van der Waals surface area contributed by atoms with Crippen molar-refractivity contribution in [2.45, 2.75) is 11.2 Å². The molecule has 0 spiro atoms. The molecule has 0 atom stereocenters. The minimum Gasteiger partial charge on any atom is -0.410 e. The summed E-state index contributed by atoms with van der Waals surface area (Å²) in [5, 5.41) is 2.39. The zero-order valence-corrected chi connectivity index (χ0v) is 11.5. The Kier molecular flexibility index (Phi) is 6.56. The summed E-state index contributed by atoms with van der Waals surface area (Å²) < 4.78 is 15.2. The molecule has 0 aliphatic heterocycles. The Morgan fingerprint density at radius 3 is 2.72 bits per heavy atom. The van der Waals surface area contributed by atoms with Crippen molar-refractivity contribution in [1.82, 2.24) is 5.32 Å². The molecule has 1 aromatic carbocycles. The Bertz CT molecular complexity index is 382. The van der Waals surface area contributed by atoms with Crippen LogP contribution in [-0.4, -0.2) is 39.4 Å². The molecule has 0 bridgehead atoms. The summed E-state index contributed by atoms with van der Waals surface area (Å²) in [5.74, 6) is 1.17. The lowest BCUT2D eigenvalue weighted by Gasteiger charge is -2.12. The zero-order chi connectivity index (χ0) is 13.4. The highest BCUT2D eigenvalue weighted by Gasteiger charge is 2.07. The van der Waals surface area contributed by atoms with Gasteiger partial charge in [-0.05, 0) is 18.2 Å². The molecule has 0 radical (unpaired) electrons. The van der Waals surface area contributed by atoms with Crippen LogP contribution < -0.4 is 10.1 Å². The van der Waals surface area contributed by atoms with Gasteiger partial charge in [0.05, 0.1) is 0 Å². The summed E-state index contributed by atoms with van der Waals surface area (Å²) >= 11 is 1.56. The first-order valence-electron chi connectivity index (χ1n) is 5.37. The van der Waals surface area contributed by atoms with Crippen molar-refractivity contribution in [2.24, 2.45) is 0 Å². The molecule has 0 fully saturated rings. The van der Waals surface area contributed by atoms with Crippen LogP contribution in [0.25, 0.3) is 0 Å². The molecule has 0 aromatic heterocycles.